The molecule has 0 heterocycles. The van der Waals surface area contributed by atoms with Gasteiger partial charge in [0.1, 0.15) is 5.75 Å². The molecule has 2 amide bonds. The fourth-order valence-electron chi connectivity index (χ4n) is 1.70. The molecule has 1 aromatic rings. The van der Waals surface area contributed by atoms with E-state index in [4.69, 9.17) is 5.53 Å². The molecule has 0 aliphatic carbocycles. The van der Waals surface area contributed by atoms with Crippen LogP contribution in [0.5, 0.6) is 5.75 Å². The molecule has 0 fully saturated rings. The molecule has 0 aliphatic heterocycles. The number of nitrogens with zero attached hydrogens (tertiary/aromatic N) is 3. The second-order valence-corrected chi connectivity index (χ2v) is 4.49. The smallest absolute Gasteiger partial charge is 0.255 e. The van der Waals surface area contributed by atoms with Gasteiger partial charge in [0.05, 0.1) is 11.6 Å². The number of carbonyl (C=O) groups excluding carboxylic acids is 2. The third-order valence-corrected chi connectivity index (χ3v) is 2.84. The van der Waals surface area contributed by atoms with Crippen molar-refractivity contribution in [2.75, 3.05) is 6.54 Å². The Morgan fingerprint density at radius 2 is 2.14 bits per heavy atom. The van der Waals surface area contributed by atoms with Crippen LogP contribution in [0.2, 0.25) is 0 Å². The number of rotatable bonds is 6. The predicted octanol–water partition coefficient (Wildman–Crippen LogP) is 0.949. The number of phenols is 1. The van der Waals surface area contributed by atoms with E-state index in [2.05, 4.69) is 20.7 Å². The van der Waals surface area contributed by atoms with Crippen LogP contribution in [0.15, 0.2) is 23.3 Å². The first-order chi connectivity index (χ1) is 10.4. The number of hydrogen-bond donors (Lipinski definition) is 4. The lowest BCUT2D eigenvalue weighted by atomic mass is 10.1. The van der Waals surface area contributed by atoms with E-state index in [1.54, 1.807) is 6.92 Å². The summed E-state index contributed by atoms with van der Waals surface area (Å²) in [6, 6.07) is 2.92. The Morgan fingerprint density at radius 3 is 2.68 bits per heavy atom. The quantitative estimate of drug-likeness (QED) is 0.352. The zero-order valence-corrected chi connectivity index (χ0v) is 12.1. The van der Waals surface area contributed by atoms with Crippen molar-refractivity contribution in [1.82, 2.24) is 10.6 Å². The third-order valence-electron chi connectivity index (χ3n) is 2.84. The lowest BCUT2D eigenvalue weighted by Crippen LogP contribution is -2.49. The number of nitrogens with one attached hydrogen (secondary N) is 2. The molecule has 118 valence electrons. The first-order valence-electron chi connectivity index (χ1n) is 6.55. The maximum Gasteiger partial charge on any atom is 0.255 e. The average Bonchev–Trinajstić information content (AvgIpc) is 2.46. The van der Waals surface area contributed by atoms with Crippen LogP contribution in [0.4, 0.5) is 5.69 Å². The van der Waals surface area contributed by atoms with Crippen LogP contribution in [0, 0.1) is 0 Å². The summed E-state index contributed by atoms with van der Waals surface area (Å²) in [5.41, 5.74) is 8.39. The van der Waals surface area contributed by atoms with Crippen LogP contribution in [0.25, 0.3) is 10.4 Å². The summed E-state index contributed by atoms with van der Waals surface area (Å²) < 4.78 is 0. The first-order valence-corrected chi connectivity index (χ1v) is 6.55. The standard InChI is InChI=1S/C13H17N5O4/c1-3-15-13(22)11(20)7(2)16-12(21)9-5-4-8(17-18-14)6-10(9)19/h4-7,11,19-20H,3H2,1-2H3,(H,15,22)(H,16,21)/t7-,11+/m0/s1. The largest absolute Gasteiger partial charge is 0.507 e. The monoisotopic (exact) mass is 307 g/mol. The highest BCUT2D eigenvalue weighted by Crippen LogP contribution is 2.24. The van der Waals surface area contributed by atoms with Crippen LogP contribution in [0.3, 0.4) is 0 Å². The van der Waals surface area contributed by atoms with E-state index in [0.717, 1.165) is 6.07 Å². The Bertz CT molecular complexity index is 612. The van der Waals surface area contributed by atoms with Gasteiger partial charge < -0.3 is 20.8 Å². The summed E-state index contributed by atoms with van der Waals surface area (Å²) in [7, 11) is 0. The predicted molar refractivity (Wildman–Crippen MR) is 78.5 cm³/mol. The molecule has 9 heteroatoms. The van der Waals surface area contributed by atoms with Gasteiger partial charge in [0.15, 0.2) is 6.10 Å². The summed E-state index contributed by atoms with van der Waals surface area (Å²) in [5, 5.41) is 27.6. The van der Waals surface area contributed by atoms with Crippen LogP contribution < -0.4 is 10.6 Å². The van der Waals surface area contributed by atoms with Gasteiger partial charge in [0.2, 0.25) is 0 Å². The summed E-state index contributed by atoms with van der Waals surface area (Å²) >= 11 is 0. The topological polar surface area (TPSA) is 147 Å². The Hall–Kier alpha value is -2.77. The first kappa shape index (κ1) is 17.3. The van der Waals surface area contributed by atoms with Crippen molar-refractivity contribution in [3.8, 4) is 5.75 Å². The van der Waals surface area contributed by atoms with Crippen molar-refractivity contribution in [3.05, 3.63) is 34.2 Å². The van der Waals surface area contributed by atoms with E-state index in [1.807, 2.05) is 0 Å². The van der Waals surface area contributed by atoms with Gasteiger partial charge in [-0.1, -0.05) is 11.2 Å². The maximum absolute atomic E-state index is 12.0. The lowest BCUT2D eigenvalue weighted by Gasteiger charge is -2.19. The molecule has 0 spiro atoms. The highest BCUT2D eigenvalue weighted by Gasteiger charge is 2.24. The lowest BCUT2D eigenvalue weighted by molar-refractivity contribution is -0.130. The number of azide groups is 1. The number of aliphatic hydroxyl groups is 1. The molecule has 9 nitrogen and oxygen atoms in total. The maximum atomic E-state index is 12.0. The number of aliphatic hydroxyl groups excluding tert-OH is 1. The zero-order chi connectivity index (χ0) is 16.7. The zero-order valence-electron chi connectivity index (χ0n) is 12.1. The number of hydrogen-bond acceptors (Lipinski definition) is 5. The van der Waals surface area contributed by atoms with E-state index >= 15 is 0 Å². The second kappa shape index (κ2) is 7.87. The molecule has 0 saturated heterocycles. The number of benzene rings is 1. The van der Waals surface area contributed by atoms with Crippen molar-refractivity contribution in [2.45, 2.75) is 26.0 Å². The minimum atomic E-state index is -1.41. The van der Waals surface area contributed by atoms with Crippen molar-refractivity contribution < 1.29 is 19.8 Å². The van der Waals surface area contributed by atoms with E-state index in [-0.39, 0.29) is 17.0 Å². The molecule has 0 bridgehead atoms. The Morgan fingerprint density at radius 1 is 1.45 bits per heavy atom. The fraction of sp³-hybridized carbons (Fsp3) is 0.385. The molecule has 22 heavy (non-hydrogen) atoms. The van der Waals surface area contributed by atoms with Crippen LogP contribution in [-0.2, 0) is 4.79 Å². The van der Waals surface area contributed by atoms with Crippen molar-refractivity contribution in [1.29, 1.82) is 0 Å². The second-order valence-electron chi connectivity index (χ2n) is 4.49. The molecule has 1 rings (SSSR count). The summed E-state index contributed by atoms with van der Waals surface area (Å²) in [6.45, 7) is 3.53. The van der Waals surface area contributed by atoms with Crippen LogP contribution >= 0.6 is 0 Å². The number of carbonyl (C=O) groups is 2. The van der Waals surface area contributed by atoms with E-state index < -0.39 is 24.0 Å². The molecule has 0 aliphatic rings. The molecule has 0 saturated carbocycles. The van der Waals surface area contributed by atoms with E-state index in [0.29, 0.717) is 6.54 Å². The summed E-state index contributed by atoms with van der Waals surface area (Å²) in [4.78, 5) is 26.1. The van der Waals surface area contributed by atoms with Crippen molar-refractivity contribution >= 4 is 17.5 Å². The Kier molecular flexibility index (Phi) is 6.18. The fourth-order valence-corrected chi connectivity index (χ4v) is 1.70. The SMILES string of the molecule is CCNC(=O)[C@H](O)[C@H](C)NC(=O)c1ccc(N=[N+]=[N-])cc1O. The van der Waals surface area contributed by atoms with E-state index in [1.165, 1.54) is 19.1 Å². The third kappa shape index (κ3) is 4.37. The van der Waals surface area contributed by atoms with Gasteiger partial charge in [-0.05, 0) is 31.5 Å². The van der Waals surface area contributed by atoms with Gasteiger partial charge in [-0.15, -0.1) is 0 Å². The Labute approximate surface area is 126 Å². The number of likely N-dealkylation sites (N-methyl/N-ethyl adjacent to an activating group) is 1. The minimum absolute atomic E-state index is 0.0631. The highest BCUT2D eigenvalue weighted by molar-refractivity contribution is 5.97. The number of aromatic hydroxyl groups is 1. The number of phenolic OH excluding ortho intramolecular Hbond substituents is 1. The van der Waals surface area contributed by atoms with Crippen LogP contribution in [-0.4, -0.2) is 40.7 Å². The summed E-state index contributed by atoms with van der Waals surface area (Å²) in [5.74, 6) is -1.64. The molecule has 2 atom stereocenters. The molecule has 0 aromatic heterocycles. The average molecular weight is 307 g/mol. The molecular weight excluding hydrogens is 290 g/mol. The normalized spacial score (nSPS) is 12.7. The van der Waals surface area contributed by atoms with E-state index in [9.17, 15) is 19.8 Å². The van der Waals surface area contributed by atoms with Crippen LogP contribution in [0.1, 0.15) is 24.2 Å². The highest BCUT2D eigenvalue weighted by atomic mass is 16.3. The molecular formula is C13H17N5O4. The van der Waals surface area contributed by atoms with Gasteiger partial charge >= 0.3 is 0 Å². The van der Waals surface area contributed by atoms with Crippen molar-refractivity contribution in [3.63, 3.8) is 0 Å². The molecule has 1 aromatic carbocycles. The minimum Gasteiger partial charge on any atom is -0.507 e. The molecule has 0 unspecified atom stereocenters. The van der Waals surface area contributed by atoms with Gasteiger partial charge in [0.25, 0.3) is 11.8 Å². The molecule has 4 N–H and O–H groups in total. The summed E-state index contributed by atoms with van der Waals surface area (Å²) in [6.07, 6.45) is -1.41. The molecule has 0 radical (unpaired) electrons. The van der Waals surface area contributed by atoms with Gasteiger partial charge in [-0.3, -0.25) is 9.59 Å². The van der Waals surface area contributed by atoms with Gasteiger partial charge in [0, 0.05) is 17.1 Å². The van der Waals surface area contributed by atoms with Crippen molar-refractivity contribution in [2.24, 2.45) is 5.11 Å². The Balaban J connectivity index is 2.80. The van der Waals surface area contributed by atoms with Gasteiger partial charge in [-0.2, -0.15) is 0 Å². The van der Waals surface area contributed by atoms with Gasteiger partial charge in [-0.25, -0.2) is 0 Å². The number of amides is 2.